The molecular formula is C27H36FN5O2. The summed E-state index contributed by atoms with van der Waals surface area (Å²) in [6.07, 6.45) is 6.48. The molecule has 0 atom stereocenters. The number of hydrogen-bond donors (Lipinski definition) is 3. The van der Waals surface area contributed by atoms with Crippen LogP contribution < -0.4 is 20.7 Å². The molecule has 1 fully saturated rings. The van der Waals surface area contributed by atoms with E-state index in [1.165, 1.54) is 25.3 Å². The second-order valence-corrected chi connectivity index (χ2v) is 8.99. The number of benzene rings is 2. The predicted molar refractivity (Wildman–Crippen MR) is 142 cm³/mol. The van der Waals surface area contributed by atoms with Crippen LogP contribution in [0.4, 0.5) is 26.2 Å². The number of amides is 2. The number of rotatable bonds is 12. The van der Waals surface area contributed by atoms with Gasteiger partial charge in [-0.3, -0.25) is 4.99 Å². The Morgan fingerprint density at radius 3 is 2.49 bits per heavy atom. The molecule has 188 valence electrons. The Labute approximate surface area is 207 Å². The molecule has 3 N–H and O–H groups in total. The molecule has 0 unspecified atom stereocenters. The highest BCUT2D eigenvalue weighted by atomic mass is 19.1. The molecule has 1 aliphatic rings. The number of carbonyl (C=O) groups excluding carboxylic acids is 1. The molecule has 3 rings (SSSR count). The van der Waals surface area contributed by atoms with E-state index in [9.17, 15) is 4.79 Å². The van der Waals surface area contributed by atoms with Gasteiger partial charge in [-0.05, 0) is 57.6 Å². The Bertz CT molecular complexity index is 1030. The lowest BCUT2D eigenvalue weighted by atomic mass is 9.83. The molecule has 0 spiro atoms. The first-order valence-electron chi connectivity index (χ1n) is 12.1. The fourth-order valence-electron chi connectivity index (χ4n) is 3.76. The first-order valence-corrected chi connectivity index (χ1v) is 12.1. The van der Waals surface area contributed by atoms with Gasteiger partial charge in [0.1, 0.15) is 18.2 Å². The van der Waals surface area contributed by atoms with Crippen molar-refractivity contribution in [3.63, 3.8) is 0 Å². The SMILES string of the molecule is C=C(Nc1ccc(NC(=O)NCCC2CCC2)cc1)c1c(F)cc(OCCN(C)C)cc1N=CC. The summed E-state index contributed by atoms with van der Waals surface area (Å²) in [5.41, 5.74) is 2.46. The molecule has 2 amide bonds. The zero-order valence-corrected chi connectivity index (χ0v) is 20.9. The molecule has 2 aromatic carbocycles. The van der Waals surface area contributed by atoms with Crippen LogP contribution in [-0.4, -0.2) is 50.9 Å². The van der Waals surface area contributed by atoms with Crippen LogP contribution >= 0.6 is 0 Å². The lowest BCUT2D eigenvalue weighted by Crippen LogP contribution is -2.31. The topological polar surface area (TPSA) is 78.0 Å². The van der Waals surface area contributed by atoms with Crippen molar-refractivity contribution in [1.29, 1.82) is 0 Å². The number of halogens is 1. The number of anilines is 2. The quantitative estimate of drug-likeness (QED) is 0.331. The highest BCUT2D eigenvalue weighted by Crippen LogP contribution is 2.33. The van der Waals surface area contributed by atoms with E-state index in [-0.39, 0.29) is 11.6 Å². The first kappa shape index (κ1) is 26.2. The number of ether oxygens (including phenoxy) is 1. The third-order valence-corrected chi connectivity index (χ3v) is 5.92. The highest BCUT2D eigenvalue weighted by Gasteiger charge is 2.17. The summed E-state index contributed by atoms with van der Waals surface area (Å²) in [5, 5.41) is 8.86. The highest BCUT2D eigenvalue weighted by molar-refractivity contribution is 5.90. The summed E-state index contributed by atoms with van der Waals surface area (Å²) < 4.78 is 20.7. The number of nitrogens with zero attached hydrogens (tertiary/aromatic N) is 2. The Balaban J connectivity index is 1.59. The summed E-state index contributed by atoms with van der Waals surface area (Å²) in [6.45, 7) is 7.63. The third-order valence-electron chi connectivity index (χ3n) is 5.92. The molecule has 0 heterocycles. The third kappa shape index (κ3) is 8.10. The van der Waals surface area contributed by atoms with Crippen LogP contribution in [0.25, 0.3) is 5.70 Å². The van der Waals surface area contributed by atoms with E-state index in [0.717, 1.165) is 18.9 Å². The number of hydrogen-bond acceptors (Lipinski definition) is 5. The monoisotopic (exact) mass is 481 g/mol. The second kappa shape index (κ2) is 12.9. The van der Waals surface area contributed by atoms with Gasteiger partial charge < -0.3 is 25.6 Å². The van der Waals surface area contributed by atoms with Crippen molar-refractivity contribution in [1.82, 2.24) is 10.2 Å². The average molecular weight is 482 g/mol. The van der Waals surface area contributed by atoms with Crippen molar-refractivity contribution in [3.05, 3.63) is 54.4 Å². The van der Waals surface area contributed by atoms with Crippen LogP contribution in [0.1, 0.15) is 38.2 Å². The Morgan fingerprint density at radius 1 is 1.20 bits per heavy atom. The molecule has 35 heavy (non-hydrogen) atoms. The van der Waals surface area contributed by atoms with Crippen molar-refractivity contribution in [2.24, 2.45) is 10.9 Å². The number of carbonyl (C=O) groups is 1. The molecule has 0 aromatic heterocycles. The minimum atomic E-state index is -0.470. The first-order chi connectivity index (χ1) is 16.9. The predicted octanol–water partition coefficient (Wildman–Crippen LogP) is 5.88. The standard InChI is InChI=1S/C27H36FN5O2/c1-5-29-25-18-23(35-16-15-33(3)4)17-24(28)26(25)19(2)31-21-9-11-22(12-10-21)32-27(34)30-14-13-20-7-6-8-20/h5,9-12,17-18,20,31H,2,6-8,13-16H2,1,3-4H3,(H2,30,32,34). The van der Waals surface area contributed by atoms with Gasteiger partial charge in [0.25, 0.3) is 0 Å². The average Bonchev–Trinajstić information content (AvgIpc) is 2.76. The Hall–Kier alpha value is -3.39. The Morgan fingerprint density at radius 2 is 1.89 bits per heavy atom. The summed E-state index contributed by atoms with van der Waals surface area (Å²) in [6, 6.07) is 10.0. The molecule has 8 heteroatoms. The van der Waals surface area contributed by atoms with Crippen molar-refractivity contribution < 1.29 is 13.9 Å². The summed E-state index contributed by atoms with van der Waals surface area (Å²) in [4.78, 5) is 18.4. The molecule has 2 aromatic rings. The maximum absolute atomic E-state index is 15.0. The molecule has 7 nitrogen and oxygen atoms in total. The number of urea groups is 1. The minimum absolute atomic E-state index is 0.216. The van der Waals surface area contributed by atoms with Crippen LogP contribution in [-0.2, 0) is 0 Å². The molecule has 0 bridgehead atoms. The van der Waals surface area contributed by atoms with Gasteiger partial charge in [-0.1, -0.05) is 25.8 Å². The van der Waals surface area contributed by atoms with E-state index in [1.54, 1.807) is 43.5 Å². The molecular weight excluding hydrogens is 445 g/mol. The van der Waals surface area contributed by atoms with E-state index in [1.807, 2.05) is 19.0 Å². The largest absolute Gasteiger partial charge is 0.492 e. The zero-order valence-electron chi connectivity index (χ0n) is 20.9. The van der Waals surface area contributed by atoms with Gasteiger partial charge >= 0.3 is 6.03 Å². The number of nitrogens with one attached hydrogen (secondary N) is 3. The van der Waals surface area contributed by atoms with Crippen molar-refractivity contribution in [3.8, 4) is 5.75 Å². The maximum Gasteiger partial charge on any atom is 0.319 e. The summed E-state index contributed by atoms with van der Waals surface area (Å²) >= 11 is 0. The molecule has 0 saturated heterocycles. The van der Waals surface area contributed by atoms with E-state index in [4.69, 9.17) is 4.74 Å². The van der Waals surface area contributed by atoms with Crippen LogP contribution in [0, 0.1) is 11.7 Å². The van der Waals surface area contributed by atoms with Crippen molar-refractivity contribution in [2.45, 2.75) is 32.6 Å². The van der Waals surface area contributed by atoms with E-state index in [0.29, 0.717) is 41.7 Å². The lowest BCUT2D eigenvalue weighted by Gasteiger charge is -2.25. The number of aliphatic imine (C=N–C) groups is 1. The minimum Gasteiger partial charge on any atom is -0.492 e. The molecule has 1 aliphatic carbocycles. The van der Waals surface area contributed by atoms with E-state index >= 15 is 4.39 Å². The molecule has 0 aliphatic heterocycles. The lowest BCUT2D eigenvalue weighted by molar-refractivity contribution is 0.247. The smallest absolute Gasteiger partial charge is 0.319 e. The van der Waals surface area contributed by atoms with Gasteiger partial charge in [0, 0.05) is 48.5 Å². The normalized spacial score (nSPS) is 13.5. The van der Waals surface area contributed by atoms with Crippen molar-refractivity contribution >= 4 is 35.0 Å². The fraction of sp³-hybridized carbons (Fsp3) is 0.407. The van der Waals surface area contributed by atoms with E-state index in [2.05, 4.69) is 27.5 Å². The van der Waals surface area contributed by atoms with E-state index < -0.39 is 5.82 Å². The zero-order chi connectivity index (χ0) is 25.2. The Kier molecular flexibility index (Phi) is 9.66. The van der Waals surface area contributed by atoms with Crippen LogP contribution in [0.3, 0.4) is 0 Å². The van der Waals surface area contributed by atoms with Gasteiger partial charge in [0.15, 0.2) is 0 Å². The number of likely N-dealkylation sites (N-methyl/N-ethyl adjacent to an activating group) is 1. The molecule has 1 saturated carbocycles. The maximum atomic E-state index is 15.0. The molecule has 0 radical (unpaired) electrons. The van der Waals surface area contributed by atoms with Gasteiger partial charge in [-0.25, -0.2) is 9.18 Å². The van der Waals surface area contributed by atoms with Gasteiger partial charge in [0.05, 0.1) is 11.3 Å². The summed E-state index contributed by atoms with van der Waals surface area (Å²) in [7, 11) is 3.90. The van der Waals surface area contributed by atoms with Gasteiger partial charge in [-0.2, -0.15) is 0 Å². The summed E-state index contributed by atoms with van der Waals surface area (Å²) in [5.74, 6) is 0.708. The van der Waals surface area contributed by atoms with Crippen LogP contribution in [0.15, 0.2) is 48.0 Å². The van der Waals surface area contributed by atoms with Gasteiger partial charge in [0.2, 0.25) is 0 Å². The van der Waals surface area contributed by atoms with Gasteiger partial charge in [-0.15, -0.1) is 0 Å². The fourth-order valence-corrected chi connectivity index (χ4v) is 3.76. The second-order valence-electron chi connectivity index (χ2n) is 8.99. The van der Waals surface area contributed by atoms with Crippen LogP contribution in [0.2, 0.25) is 0 Å². The van der Waals surface area contributed by atoms with Crippen molar-refractivity contribution in [2.75, 3.05) is 44.4 Å². The van der Waals surface area contributed by atoms with Crippen LogP contribution in [0.5, 0.6) is 5.75 Å².